The van der Waals surface area contributed by atoms with Gasteiger partial charge in [0.15, 0.2) is 0 Å². The summed E-state index contributed by atoms with van der Waals surface area (Å²) in [4.78, 5) is 34.2. The number of carboxylic acid groups (broad SMARTS) is 1. The Morgan fingerprint density at radius 1 is 1.55 bits per heavy atom. The third-order valence-electron chi connectivity index (χ3n) is 3.07. The molecular formula is C12H13N3O5. The van der Waals surface area contributed by atoms with Crippen molar-refractivity contribution in [3.8, 4) is 0 Å². The molecular weight excluding hydrogens is 266 g/mol. The minimum Gasteiger partial charge on any atom is -0.480 e. The average Bonchev–Trinajstić information content (AvgIpc) is 2.38. The van der Waals surface area contributed by atoms with Gasteiger partial charge in [0.05, 0.1) is 11.5 Å². The summed E-state index contributed by atoms with van der Waals surface area (Å²) < 4.78 is 0. The molecule has 0 saturated carbocycles. The van der Waals surface area contributed by atoms with E-state index in [-0.39, 0.29) is 31.2 Å². The maximum Gasteiger partial charge on any atom is 0.322 e. The number of carboxylic acids is 1. The van der Waals surface area contributed by atoms with Crippen LogP contribution in [0.15, 0.2) is 24.3 Å². The van der Waals surface area contributed by atoms with Gasteiger partial charge in [0.1, 0.15) is 6.04 Å². The molecule has 0 aliphatic carbocycles. The van der Waals surface area contributed by atoms with E-state index in [0.29, 0.717) is 5.56 Å². The summed E-state index contributed by atoms with van der Waals surface area (Å²) in [5, 5.41) is 22.3. The van der Waals surface area contributed by atoms with Crippen LogP contribution in [0.25, 0.3) is 0 Å². The van der Waals surface area contributed by atoms with Gasteiger partial charge < -0.3 is 10.4 Å². The molecule has 2 N–H and O–H groups in total. The summed E-state index contributed by atoms with van der Waals surface area (Å²) in [6, 6.07) is 5.12. The predicted molar refractivity (Wildman–Crippen MR) is 67.9 cm³/mol. The standard InChI is InChI=1S/C12H13N3O5/c16-11-7-14(10(5-13-11)12(17)18)6-8-2-1-3-9(4-8)15(19)20/h1-4,10H,5-7H2,(H,13,16)(H,17,18). The monoisotopic (exact) mass is 279 g/mol. The molecule has 0 spiro atoms. The summed E-state index contributed by atoms with van der Waals surface area (Å²) in [7, 11) is 0. The smallest absolute Gasteiger partial charge is 0.322 e. The largest absolute Gasteiger partial charge is 0.480 e. The molecule has 0 radical (unpaired) electrons. The maximum absolute atomic E-state index is 11.4. The van der Waals surface area contributed by atoms with Crippen LogP contribution < -0.4 is 5.32 Å². The van der Waals surface area contributed by atoms with Gasteiger partial charge in [-0.1, -0.05) is 12.1 Å². The summed E-state index contributed by atoms with van der Waals surface area (Å²) in [6.45, 7) is 0.162. The molecule has 1 aromatic carbocycles. The van der Waals surface area contributed by atoms with E-state index in [1.54, 1.807) is 6.07 Å². The van der Waals surface area contributed by atoms with Crippen LogP contribution >= 0.6 is 0 Å². The number of carbonyl (C=O) groups is 2. The molecule has 1 aromatic rings. The van der Waals surface area contributed by atoms with Crippen molar-refractivity contribution in [3.05, 3.63) is 39.9 Å². The second-order valence-electron chi connectivity index (χ2n) is 4.49. The normalized spacial score (nSPS) is 19.4. The number of non-ortho nitro benzene ring substituents is 1. The topological polar surface area (TPSA) is 113 Å². The quantitative estimate of drug-likeness (QED) is 0.591. The molecule has 1 fully saturated rings. The first-order valence-corrected chi connectivity index (χ1v) is 5.94. The van der Waals surface area contributed by atoms with Crippen molar-refractivity contribution in [1.29, 1.82) is 0 Å². The van der Waals surface area contributed by atoms with Gasteiger partial charge in [-0.25, -0.2) is 0 Å². The Labute approximate surface area is 114 Å². The van der Waals surface area contributed by atoms with E-state index < -0.39 is 16.9 Å². The molecule has 1 amide bonds. The van der Waals surface area contributed by atoms with Crippen LogP contribution in [0.2, 0.25) is 0 Å². The number of benzene rings is 1. The van der Waals surface area contributed by atoms with Crippen LogP contribution in [0.1, 0.15) is 5.56 Å². The van der Waals surface area contributed by atoms with Crippen molar-refractivity contribution >= 4 is 17.6 Å². The highest BCUT2D eigenvalue weighted by molar-refractivity contribution is 5.83. The molecule has 1 atom stereocenters. The molecule has 20 heavy (non-hydrogen) atoms. The van der Waals surface area contributed by atoms with Crippen LogP contribution in [0.4, 0.5) is 5.69 Å². The second kappa shape index (κ2) is 5.66. The summed E-state index contributed by atoms with van der Waals surface area (Å²) in [6.07, 6.45) is 0. The third kappa shape index (κ3) is 3.09. The highest BCUT2D eigenvalue weighted by atomic mass is 16.6. The van der Waals surface area contributed by atoms with Gasteiger partial charge in [0, 0.05) is 25.2 Å². The second-order valence-corrected chi connectivity index (χ2v) is 4.49. The van der Waals surface area contributed by atoms with Gasteiger partial charge >= 0.3 is 5.97 Å². The summed E-state index contributed by atoms with van der Waals surface area (Å²) in [5.41, 5.74) is 0.538. The minimum absolute atomic E-state index is 0.0308. The molecule has 2 rings (SSSR count). The Balaban J connectivity index is 2.17. The van der Waals surface area contributed by atoms with Gasteiger partial charge in [-0.3, -0.25) is 24.6 Å². The number of nitrogens with one attached hydrogen (secondary N) is 1. The van der Waals surface area contributed by atoms with Crippen molar-refractivity contribution < 1.29 is 19.6 Å². The SMILES string of the molecule is O=C1CN(Cc2cccc([N+](=O)[O-])c2)C(C(=O)O)CN1. The number of hydrogen-bond acceptors (Lipinski definition) is 5. The van der Waals surface area contributed by atoms with Crippen LogP contribution in [0.5, 0.6) is 0 Å². The molecule has 106 valence electrons. The van der Waals surface area contributed by atoms with E-state index in [1.165, 1.54) is 23.1 Å². The molecule has 1 heterocycles. The van der Waals surface area contributed by atoms with E-state index in [0.717, 1.165) is 0 Å². The number of nitro benzene ring substituents is 1. The minimum atomic E-state index is -1.03. The number of amides is 1. The number of aliphatic carboxylic acids is 1. The first-order valence-electron chi connectivity index (χ1n) is 5.94. The zero-order chi connectivity index (χ0) is 14.7. The highest BCUT2D eigenvalue weighted by Gasteiger charge is 2.31. The van der Waals surface area contributed by atoms with Gasteiger partial charge in [-0.2, -0.15) is 0 Å². The van der Waals surface area contributed by atoms with Crippen LogP contribution in [0, 0.1) is 10.1 Å². The Bertz CT molecular complexity index is 560. The molecule has 0 bridgehead atoms. The van der Waals surface area contributed by atoms with Crippen molar-refractivity contribution in [3.63, 3.8) is 0 Å². The average molecular weight is 279 g/mol. The van der Waals surface area contributed by atoms with Crippen molar-refractivity contribution in [2.45, 2.75) is 12.6 Å². The lowest BCUT2D eigenvalue weighted by Gasteiger charge is -2.32. The molecule has 1 aliphatic heterocycles. The molecule has 8 nitrogen and oxygen atoms in total. The zero-order valence-electron chi connectivity index (χ0n) is 10.5. The van der Waals surface area contributed by atoms with Gasteiger partial charge in [0.2, 0.25) is 5.91 Å². The van der Waals surface area contributed by atoms with Crippen molar-refractivity contribution in [2.24, 2.45) is 0 Å². The van der Waals surface area contributed by atoms with Crippen LogP contribution in [-0.4, -0.2) is 45.9 Å². The Morgan fingerprint density at radius 3 is 2.95 bits per heavy atom. The lowest BCUT2D eigenvalue weighted by molar-refractivity contribution is -0.384. The Morgan fingerprint density at radius 2 is 2.30 bits per heavy atom. The number of hydrogen-bond donors (Lipinski definition) is 2. The predicted octanol–water partition coefficient (Wildman–Crippen LogP) is -0.0202. The first-order chi connectivity index (χ1) is 9.47. The molecule has 1 unspecified atom stereocenters. The maximum atomic E-state index is 11.4. The number of carbonyl (C=O) groups excluding carboxylic acids is 1. The van der Waals surface area contributed by atoms with Gasteiger partial charge in [-0.15, -0.1) is 0 Å². The molecule has 0 aromatic heterocycles. The van der Waals surface area contributed by atoms with E-state index in [9.17, 15) is 19.7 Å². The fraction of sp³-hybridized carbons (Fsp3) is 0.333. The summed E-state index contributed by atoms with van der Waals surface area (Å²) >= 11 is 0. The van der Waals surface area contributed by atoms with Crippen molar-refractivity contribution in [2.75, 3.05) is 13.1 Å². The Kier molecular flexibility index (Phi) is 3.94. The summed E-state index contributed by atoms with van der Waals surface area (Å²) in [5.74, 6) is -1.29. The number of nitro groups is 1. The fourth-order valence-electron chi connectivity index (χ4n) is 2.10. The molecule has 1 aliphatic rings. The number of piperazine rings is 1. The Hall–Kier alpha value is -2.48. The van der Waals surface area contributed by atoms with Crippen molar-refractivity contribution in [1.82, 2.24) is 10.2 Å². The molecule has 1 saturated heterocycles. The van der Waals surface area contributed by atoms with Gasteiger partial charge in [0.25, 0.3) is 5.69 Å². The molecule has 8 heteroatoms. The fourth-order valence-corrected chi connectivity index (χ4v) is 2.10. The zero-order valence-corrected chi connectivity index (χ0v) is 10.5. The van der Waals surface area contributed by atoms with Crippen LogP contribution in [-0.2, 0) is 16.1 Å². The highest BCUT2D eigenvalue weighted by Crippen LogP contribution is 2.16. The van der Waals surface area contributed by atoms with Crippen LogP contribution in [0.3, 0.4) is 0 Å². The van der Waals surface area contributed by atoms with Gasteiger partial charge in [-0.05, 0) is 5.56 Å². The van der Waals surface area contributed by atoms with E-state index in [1.807, 2.05) is 0 Å². The van der Waals surface area contributed by atoms with E-state index in [2.05, 4.69) is 5.32 Å². The van der Waals surface area contributed by atoms with E-state index >= 15 is 0 Å². The lowest BCUT2D eigenvalue weighted by atomic mass is 10.1. The lowest BCUT2D eigenvalue weighted by Crippen LogP contribution is -2.56. The number of nitrogens with zero attached hydrogens (tertiary/aromatic N) is 2. The first kappa shape index (κ1) is 13.9. The third-order valence-corrected chi connectivity index (χ3v) is 3.07. The number of rotatable bonds is 4. The van der Waals surface area contributed by atoms with E-state index in [4.69, 9.17) is 5.11 Å².